The van der Waals surface area contributed by atoms with E-state index in [0.29, 0.717) is 44.5 Å². The number of carbonyl (C=O) groups excluding carboxylic acids is 2. The first-order valence-corrected chi connectivity index (χ1v) is 45.9. The van der Waals surface area contributed by atoms with Crippen molar-refractivity contribution >= 4 is 59.4 Å². The number of aliphatic hydroxyl groups is 2. The number of ether oxygens (including phenoxy) is 2. The molecule has 2 N–H and O–H groups in total. The number of hydrogen-bond acceptors (Lipinski definition) is 6. The topological polar surface area (TPSA) is 93.1 Å². The van der Waals surface area contributed by atoms with E-state index in [1.165, 1.54) is 143 Å². The summed E-state index contributed by atoms with van der Waals surface area (Å²) < 4.78 is 12.7. The first kappa shape index (κ1) is 96.1. The van der Waals surface area contributed by atoms with Gasteiger partial charge in [-0.2, -0.15) is 55.0 Å². The molecular formula is C115H106Br3Li3O6. The van der Waals surface area contributed by atoms with Crippen molar-refractivity contribution in [1.29, 1.82) is 0 Å². The first-order valence-electron chi connectivity index (χ1n) is 43.5. The molecule has 0 aromatic heterocycles. The van der Waals surface area contributed by atoms with Crippen LogP contribution in [0.25, 0.3) is 55.6 Å². The predicted octanol–water partition coefficient (Wildman–Crippen LogP) is 19.7. The van der Waals surface area contributed by atoms with Crippen molar-refractivity contribution < 1.29 is 85.9 Å². The molecule has 0 amide bonds. The van der Waals surface area contributed by atoms with E-state index >= 15 is 0 Å². The molecule has 0 radical (unpaired) electrons. The van der Waals surface area contributed by atoms with Gasteiger partial charge in [0.2, 0.25) is 0 Å². The molecule has 12 heteroatoms. The number of benzene rings is 14. The van der Waals surface area contributed by atoms with Gasteiger partial charge >= 0.3 is 56.6 Å². The van der Waals surface area contributed by atoms with Gasteiger partial charge < -0.3 is 26.6 Å². The Balaban J connectivity index is 0.000000142. The van der Waals surface area contributed by atoms with Crippen LogP contribution in [0.5, 0.6) is 0 Å². The second kappa shape index (κ2) is 39.3. The average molecular weight is 1840 g/mol. The Morgan fingerprint density at radius 3 is 0.882 bits per heavy atom. The van der Waals surface area contributed by atoms with Gasteiger partial charge in [0.15, 0.2) is 11.6 Å². The van der Waals surface area contributed by atoms with Gasteiger partial charge in [0, 0.05) is 83.9 Å². The van der Waals surface area contributed by atoms with Crippen LogP contribution in [0, 0.1) is 19.1 Å². The quantitative estimate of drug-likeness (QED) is 0.135. The van der Waals surface area contributed by atoms with Crippen molar-refractivity contribution in [3.8, 4) is 55.6 Å². The number of hydrogen-bond donors (Lipinski definition) is 2. The number of fused-ring (bicyclic) bond motifs is 19. The summed E-state index contributed by atoms with van der Waals surface area (Å²) in [4.78, 5) is 24.4. The molecule has 2 fully saturated rings. The summed E-state index contributed by atoms with van der Waals surface area (Å²) in [5, 5.41) is 26.6. The van der Waals surface area contributed by atoms with E-state index in [0.717, 1.165) is 57.4 Å². The Morgan fingerprint density at radius 2 is 0.535 bits per heavy atom. The fraction of sp³-hybridized carbons (Fsp3) is 0.243. The third kappa shape index (κ3) is 17.6. The van der Waals surface area contributed by atoms with Crippen molar-refractivity contribution in [2.75, 3.05) is 26.4 Å². The van der Waals surface area contributed by atoms with Crippen LogP contribution in [0.1, 0.15) is 236 Å². The minimum atomic E-state index is -1.51. The summed E-state index contributed by atoms with van der Waals surface area (Å²) in [7, 11) is 0. The molecule has 2 unspecified atom stereocenters. The van der Waals surface area contributed by atoms with Gasteiger partial charge in [-0.15, -0.1) is 22.3 Å². The predicted molar refractivity (Wildman–Crippen MR) is 518 cm³/mol. The Hall–Kier alpha value is -8.51. The molecule has 6 nitrogen and oxygen atoms in total. The molecule has 2 aliphatic heterocycles. The van der Waals surface area contributed by atoms with Crippen molar-refractivity contribution in [1.82, 2.24) is 0 Å². The van der Waals surface area contributed by atoms with Gasteiger partial charge in [-0.3, -0.25) is 9.59 Å². The summed E-state index contributed by atoms with van der Waals surface area (Å²) in [5.41, 5.74) is 29.8. The Kier molecular flexibility index (Phi) is 29.7. The first-order chi connectivity index (χ1) is 59.6. The number of halogens is 3. The zero-order valence-electron chi connectivity index (χ0n) is 75.7. The maximum Gasteiger partial charge on any atom is 1.00 e. The van der Waals surface area contributed by atoms with E-state index in [1.54, 1.807) is 42.5 Å². The van der Waals surface area contributed by atoms with Gasteiger partial charge in [0.1, 0.15) is 11.2 Å². The summed E-state index contributed by atoms with van der Waals surface area (Å²) in [6.45, 7) is 32.5. The monoisotopic (exact) mass is 1840 g/mol. The molecule has 2 atom stereocenters. The van der Waals surface area contributed by atoms with Crippen LogP contribution in [0.15, 0.2) is 311 Å². The molecule has 2 saturated heterocycles. The second-order valence-electron chi connectivity index (χ2n) is 36.0. The average Bonchev–Trinajstić information content (AvgIpc) is 1.44. The van der Waals surface area contributed by atoms with E-state index in [-0.39, 0.29) is 95.2 Å². The van der Waals surface area contributed by atoms with Gasteiger partial charge in [0.05, 0.1) is 0 Å². The molecule has 0 bridgehead atoms. The standard InChI is InChI=1S/C44H35BrO2.C15H13Br.2C15H13.C14H7BrO2.2C4H8O.C4H9.3Li/c1-41(2)33-13-7-5-11-29(33)31-20-17-26(23-38(31)41)43(46)35-15-9-10-16-36(35)44(47,40-25-28(45)19-22-37(40)43)27-18-21-32-30-12-6-8-14-34(30)42(3,4)39(32)24-27;1-15(2)13-6-4-3-5-11(13)12-8-7-10(16)9-14(12)15;2*1-15(2)13-9-5-3-7-11(13)12-8-4-6-10-14(12)15;15-8-5-6-11-12(7-8)14(17)10-4-2-1-3-9(10)13(11)16;2*1-2-4-5-3-1;1-3-4-2;;;/h5-25,46-47H,1-4H3;3-9H,1-2H3;2*3-5,7-10H,1-2H3;1-7H;2*1-4H2;1,3-4H2,2H3;;;/q;;2*-1;;;;-1;3*+1. The summed E-state index contributed by atoms with van der Waals surface area (Å²) >= 11 is 10.6. The van der Waals surface area contributed by atoms with E-state index in [2.05, 4.69) is 343 Å². The molecule has 2 heterocycles. The molecule has 9 aliphatic rings. The van der Waals surface area contributed by atoms with Crippen LogP contribution in [-0.4, -0.2) is 48.2 Å². The number of ketones is 2. The van der Waals surface area contributed by atoms with Crippen molar-refractivity contribution in [2.24, 2.45) is 0 Å². The maximum atomic E-state index is 13.3. The fourth-order valence-corrected chi connectivity index (χ4v) is 21.0. The molecular weight excluding hydrogens is 1740 g/mol. The number of rotatable bonds is 3. The molecule has 23 rings (SSSR count). The third-order valence-electron chi connectivity index (χ3n) is 26.8. The van der Waals surface area contributed by atoms with Crippen LogP contribution >= 0.6 is 47.8 Å². The zero-order valence-corrected chi connectivity index (χ0v) is 80.5. The summed E-state index contributed by atoms with van der Waals surface area (Å²) in [6.07, 6.45) is 7.39. The van der Waals surface area contributed by atoms with Gasteiger partial charge in [-0.1, -0.05) is 349 Å². The minimum absolute atomic E-state index is 0. The van der Waals surface area contributed by atoms with E-state index < -0.39 is 11.2 Å². The van der Waals surface area contributed by atoms with Crippen LogP contribution in [0.4, 0.5) is 0 Å². The number of carbonyl (C=O) groups is 2. The molecule has 14 aromatic rings. The van der Waals surface area contributed by atoms with Crippen molar-refractivity contribution in [3.63, 3.8) is 0 Å². The van der Waals surface area contributed by atoms with E-state index in [4.69, 9.17) is 9.47 Å². The smallest absolute Gasteiger partial charge is 0.381 e. The van der Waals surface area contributed by atoms with Crippen LogP contribution < -0.4 is 56.6 Å². The maximum absolute atomic E-state index is 13.3. The van der Waals surface area contributed by atoms with Crippen LogP contribution in [-0.2, 0) is 47.8 Å². The fourth-order valence-electron chi connectivity index (χ4n) is 20.0. The largest absolute Gasteiger partial charge is 1.00 e. The third-order valence-corrected chi connectivity index (χ3v) is 28.2. The molecule has 0 spiro atoms. The Morgan fingerprint density at radius 1 is 0.291 bits per heavy atom. The Bertz CT molecular complexity index is 6210. The normalized spacial score (nSPS) is 17.8. The van der Waals surface area contributed by atoms with Crippen LogP contribution in [0.2, 0.25) is 0 Å². The van der Waals surface area contributed by atoms with Crippen LogP contribution in [0.3, 0.4) is 0 Å². The van der Waals surface area contributed by atoms with Gasteiger partial charge in [0.25, 0.3) is 0 Å². The summed E-state index contributed by atoms with van der Waals surface area (Å²) in [5.74, 6) is -0.167. The molecule has 0 saturated carbocycles. The van der Waals surface area contributed by atoms with E-state index in [1.807, 2.05) is 54.6 Å². The van der Waals surface area contributed by atoms with Crippen molar-refractivity contribution in [2.45, 2.75) is 153 Å². The molecule has 7 aliphatic carbocycles. The van der Waals surface area contributed by atoms with Crippen molar-refractivity contribution in [3.05, 3.63) is 441 Å². The SMILES string of the molecule is C1CCOC1.C1CCOC1.CC1(C)c2c[c-]ccc2-c2ccccc21.CC1(C)c2c[c-]ccc2-c2ccccc21.CC1(C)c2ccccc2-c2ccc(Br)cc21.CC1(C)c2ccccc2-c2ccc(C3(O)c4ccccc4C(O)(c4ccc5c(c4)C(C)(C)c4ccccc4-5)c4cc(Br)ccc43)cc21.O=C1c2ccccc2C(=O)c2cc(Br)ccc21.[CH2-]CCC.[Li+].[Li+].[Li+]. The molecule has 127 heavy (non-hydrogen) atoms. The molecule has 14 aromatic carbocycles. The molecule has 626 valence electrons. The zero-order chi connectivity index (χ0) is 87.3. The number of unbranched alkanes of at least 4 members (excludes halogenated alkanes) is 1. The Labute approximate surface area is 813 Å². The van der Waals surface area contributed by atoms with Gasteiger partial charge in [-0.05, 0) is 196 Å². The van der Waals surface area contributed by atoms with E-state index in [9.17, 15) is 19.8 Å². The minimum Gasteiger partial charge on any atom is -0.381 e. The summed E-state index contributed by atoms with van der Waals surface area (Å²) in [6, 6.07) is 108. The van der Waals surface area contributed by atoms with Gasteiger partial charge in [-0.25, -0.2) is 0 Å². The second-order valence-corrected chi connectivity index (χ2v) is 38.8.